The number of hydrogen-bond donors (Lipinski definition) is 1. The molecule has 0 aromatic carbocycles. The molecule has 206 valence electrons. The van der Waals surface area contributed by atoms with Crippen molar-refractivity contribution in [1.82, 2.24) is 26.0 Å². The van der Waals surface area contributed by atoms with Gasteiger partial charge in [-0.15, -0.1) is 0 Å². The topological polar surface area (TPSA) is 101 Å². The van der Waals surface area contributed by atoms with Gasteiger partial charge in [0, 0.05) is 29.2 Å². The number of carbonyl (C=O) groups is 1. The zero-order valence-corrected chi connectivity index (χ0v) is 24.3. The van der Waals surface area contributed by atoms with E-state index >= 15 is 0 Å². The third-order valence-corrected chi connectivity index (χ3v) is 13.6. The molecule has 7 rings (SSSR count). The first-order valence-corrected chi connectivity index (χ1v) is 14.9. The van der Waals surface area contributed by atoms with Gasteiger partial charge in [0.25, 0.3) is 0 Å². The van der Waals surface area contributed by atoms with Gasteiger partial charge >= 0.3 is 0 Å². The van der Waals surface area contributed by atoms with E-state index in [-0.39, 0.29) is 44.4 Å². The van der Waals surface area contributed by atoms with Crippen LogP contribution in [0.25, 0.3) is 0 Å². The van der Waals surface area contributed by atoms with Crippen LogP contribution in [0.2, 0.25) is 0 Å². The Morgan fingerprint density at radius 2 is 1.74 bits per heavy atom. The number of hydrogen-bond acceptors (Lipinski definition) is 6. The SMILES string of the molecule is CC1(C)CC[C@]2([n+]3nnn[nH]3)CC[C@]3(C)[C@H](C(=O)C[C@@H]4[C@@]5(C)Cc6cnoc6C(C)(C)[C@@H]5CC[C@]43C)[C@@H]2C1. The first-order valence-electron chi connectivity index (χ1n) is 14.9. The molecule has 0 saturated heterocycles. The Kier molecular flexibility index (Phi) is 4.80. The highest BCUT2D eigenvalue weighted by Crippen LogP contribution is 2.75. The van der Waals surface area contributed by atoms with Crippen LogP contribution in [0.5, 0.6) is 0 Å². The van der Waals surface area contributed by atoms with Gasteiger partial charge in [0.05, 0.1) is 6.20 Å². The molecule has 0 spiro atoms. The number of nitrogens with zero attached hydrogens (tertiary/aromatic N) is 5. The third kappa shape index (κ3) is 2.82. The van der Waals surface area contributed by atoms with E-state index < -0.39 is 0 Å². The highest BCUT2D eigenvalue weighted by atomic mass is 16.5. The summed E-state index contributed by atoms with van der Waals surface area (Å²) in [4.78, 5) is 16.6. The number of aromatic nitrogens is 6. The molecule has 8 atom stereocenters. The summed E-state index contributed by atoms with van der Waals surface area (Å²) in [6, 6.07) is 0. The Morgan fingerprint density at radius 1 is 0.974 bits per heavy atom. The maximum atomic E-state index is 14.7. The molecule has 2 aromatic rings. The molecule has 5 aliphatic rings. The van der Waals surface area contributed by atoms with Crippen LogP contribution in [-0.4, -0.2) is 31.8 Å². The summed E-state index contributed by atoms with van der Waals surface area (Å²) in [7, 11) is 0. The van der Waals surface area contributed by atoms with Crippen LogP contribution in [0.3, 0.4) is 0 Å². The fraction of sp³-hybridized carbons (Fsp3) is 0.867. The van der Waals surface area contributed by atoms with Crippen LogP contribution >= 0.6 is 0 Å². The van der Waals surface area contributed by atoms with Gasteiger partial charge in [0.1, 0.15) is 22.3 Å². The molecular formula is C30H45N6O2+. The van der Waals surface area contributed by atoms with Crippen LogP contribution in [0.15, 0.2) is 10.7 Å². The molecule has 0 unspecified atom stereocenters. The lowest BCUT2D eigenvalue weighted by atomic mass is 9.32. The van der Waals surface area contributed by atoms with Crippen LogP contribution in [-0.2, 0) is 22.2 Å². The lowest BCUT2D eigenvalue weighted by Crippen LogP contribution is -2.75. The van der Waals surface area contributed by atoms with E-state index in [1.807, 2.05) is 11.0 Å². The number of ketones is 1. The smallest absolute Gasteiger partial charge is 0.231 e. The Bertz CT molecular complexity index is 1280. The van der Waals surface area contributed by atoms with E-state index in [1.54, 1.807) is 0 Å². The zero-order chi connectivity index (χ0) is 26.9. The first-order chi connectivity index (χ1) is 17.8. The fourth-order valence-corrected chi connectivity index (χ4v) is 11.7. The summed E-state index contributed by atoms with van der Waals surface area (Å²) >= 11 is 0. The quantitative estimate of drug-likeness (QED) is 0.533. The fourth-order valence-electron chi connectivity index (χ4n) is 11.7. The molecule has 38 heavy (non-hydrogen) atoms. The summed E-state index contributed by atoms with van der Waals surface area (Å²) in [6.07, 6.45) is 11.2. The predicted octanol–water partition coefficient (Wildman–Crippen LogP) is 4.96. The second kappa shape index (κ2) is 7.34. The van der Waals surface area contributed by atoms with Crippen LogP contribution in [0, 0.1) is 45.3 Å². The Labute approximate surface area is 226 Å². The van der Waals surface area contributed by atoms with Crippen molar-refractivity contribution in [2.24, 2.45) is 45.3 Å². The van der Waals surface area contributed by atoms with Crippen molar-refractivity contribution in [2.75, 3.05) is 0 Å². The first kappa shape index (κ1) is 24.9. The molecule has 0 bridgehead atoms. The maximum Gasteiger partial charge on any atom is 0.231 e. The summed E-state index contributed by atoms with van der Waals surface area (Å²) in [5, 5.41) is 19.7. The molecule has 2 aromatic heterocycles. The minimum atomic E-state index is -0.201. The van der Waals surface area contributed by atoms with Gasteiger partial charge in [-0.1, -0.05) is 63.6 Å². The largest absolute Gasteiger partial charge is 0.361 e. The summed E-state index contributed by atoms with van der Waals surface area (Å²) in [5.41, 5.74) is 1.28. The maximum absolute atomic E-state index is 14.7. The van der Waals surface area contributed by atoms with Gasteiger partial charge in [-0.05, 0) is 84.9 Å². The molecule has 2 heterocycles. The molecule has 5 aliphatic carbocycles. The van der Waals surface area contributed by atoms with Gasteiger partial charge in [-0.3, -0.25) is 4.79 Å². The molecule has 0 amide bonds. The van der Waals surface area contributed by atoms with Gasteiger partial charge in [-0.25, -0.2) is 0 Å². The second-order valence-electron chi connectivity index (χ2n) is 16.0. The molecule has 8 nitrogen and oxygen atoms in total. The summed E-state index contributed by atoms with van der Waals surface area (Å²) in [5.74, 6) is 2.68. The van der Waals surface area contributed by atoms with Gasteiger partial charge in [0.15, 0.2) is 0 Å². The number of carbonyl (C=O) groups excluding carboxylic acids is 1. The predicted molar refractivity (Wildman–Crippen MR) is 140 cm³/mol. The molecule has 4 saturated carbocycles. The molecular weight excluding hydrogens is 476 g/mol. The van der Waals surface area contributed by atoms with E-state index in [4.69, 9.17) is 4.52 Å². The average molecular weight is 522 g/mol. The number of fused-ring (bicyclic) bond motifs is 8. The number of rotatable bonds is 1. The van der Waals surface area contributed by atoms with E-state index in [2.05, 4.69) is 74.5 Å². The van der Waals surface area contributed by atoms with Crippen molar-refractivity contribution < 1.29 is 14.1 Å². The van der Waals surface area contributed by atoms with Crippen molar-refractivity contribution in [3.8, 4) is 0 Å². The normalized spacial score (nSPS) is 46.8. The van der Waals surface area contributed by atoms with Gasteiger partial charge in [-0.2, -0.15) is 0 Å². The van der Waals surface area contributed by atoms with Gasteiger partial charge < -0.3 is 4.52 Å². The lowest BCUT2D eigenvalue weighted by molar-refractivity contribution is -0.876. The number of aromatic amines is 1. The average Bonchev–Trinajstić information content (AvgIpc) is 3.53. The van der Waals surface area contributed by atoms with Gasteiger partial charge in [0.2, 0.25) is 10.4 Å². The summed E-state index contributed by atoms with van der Waals surface area (Å²) < 4.78 is 5.84. The van der Waals surface area contributed by atoms with Crippen LogP contribution < -0.4 is 4.80 Å². The van der Waals surface area contributed by atoms with Crippen LogP contribution in [0.4, 0.5) is 0 Å². The van der Waals surface area contributed by atoms with Crippen molar-refractivity contribution >= 4 is 5.78 Å². The van der Waals surface area contributed by atoms with Crippen LogP contribution in [0.1, 0.15) is 111 Å². The highest BCUT2D eigenvalue weighted by Gasteiger charge is 2.73. The van der Waals surface area contributed by atoms with E-state index in [0.717, 1.165) is 44.3 Å². The second-order valence-corrected chi connectivity index (χ2v) is 16.0. The molecule has 4 fully saturated rings. The summed E-state index contributed by atoms with van der Waals surface area (Å²) in [6.45, 7) is 17.0. The van der Waals surface area contributed by atoms with E-state index in [0.29, 0.717) is 24.0 Å². The number of Topliss-reactive ketones (excluding diaryl/α,β-unsaturated/α-hetero) is 1. The van der Waals surface area contributed by atoms with Crippen molar-refractivity contribution in [3.63, 3.8) is 0 Å². The minimum absolute atomic E-state index is 0.0394. The van der Waals surface area contributed by atoms with Crippen molar-refractivity contribution in [1.29, 1.82) is 0 Å². The van der Waals surface area contributed by atoms with E-state index in [9.17, 15) is 4.79 Å². The Hall–Kier alpha value is -2.12. The monoisotopic (exact) mass is 521 g/mol. The Balaban J connectivity index is 1.34. The van der Waals surface area contributed by atoms with E-state index in [1.165, 1.54) is 18.4 Å². The Morgan fingerprint density at radius 3 is 2.47 bits per heavy atom. The molecule has 1 N–H and O–H groups in total. The molecule has 8 heteroatoms. The van der Waals surface area contributed by atoms with Crippen molar-refractivity contribution in [3.05, 3.63) is 17.5 Å². The molecule has 0 aliphatic heterocycles. The van der Waals surface area contributed by atoms with Crippen molar-refractivity contribution in [2.45, 2.75) is 117 Å². The standard InChI is InChI=1S/C30H44N6O2/c1-25(2)10-12-30(36-34-32-33-35-36)13-11-29(7)23(19(30)16-25)20(37)14-22-27(5)15-18-17-31-38-24(18)26(3,4)21(27)8-9-28(22,29)6/h17,19,21-23H,8-16H2,1-7H3/p+1/t19-,21-,22+,23-,27-,28+,29+,30-/m0/s1. The highest BCUT2D eigenvalue weighted by molar-refractivity contribution is 5.84. The number of nitrogens with one attached hydrogen (secondary N) is 1. The number of H-pyrrole nitrogens is 1. The minimum Gasteiger partial charge on any atom is -0.361 e. The molecule has 0 radical (unpaired) electrons. The zero-order valence-electron chi connectivity index (χ0n) is 24.3. The lowest BCUT2D eigenvalue weighted by Gasteiger charge is -2.71. The third-order valence-electron chi connectivity index (χ3n) is 13.6.